The fraction of sp³-hybridized carbons (Fsp3) is 0.381. The van der Waals surface area contributed by atoms with E-state index in [4.69, 9.17) is 9.47 Å². The van der Waals surface area contributed by atoms with Crippen LogP contribution in [0.25, 0.3) is 0 Å². The highest BCUT2D eigenvalue weighted by molar-refractivity contribution is 7.99. The summed E-state index contributed by atoms with van der Waals surface area (Å²) in [6, 6.07) is 6.32. The average molecular weight is 434 g/mol. The van der Waals surface area contributed by atoms with Gasteiger partial charge in [0.1, 0.15) is 16.9 Å². The van der Waals surface area contributed by atoms with Gasteiger partial charge in [-0.3, -0.25) is 4.79 Å². The molecule has 1 aromatic carbocycles. The Bertz CT molecular complexity index is 974. The van der Waals surface area contributed by atoms with Gasteiger partial charge in [-0.1, -0.05) is 18.2 Å². The van der Waals surface area contributed by atoms with E-state index in [1.807, 2.05) is 0 Å². The summed E-state index contributed by atoms with van der Waals surface area (Å²) in [7, 11) is 0. The first-order chi connectivity index (χ1) is 14.3. The molecule has 2 aromatic rings. The molecule has 0 aliphatic carbocycles. The number of carbonyl (C=O) groups excluding carboxylic acids is 3. The maximum atomic E-state index is 14.1. The smallest absolute Gasteiger partial charge is 0.355 e. The molecule has 1 aromatic heterocycles. The van der Waals surface area contributed by atoms with Crippen LogP contribution in [-0.2, 0) is 14.3 Å². The molecule has 3 rings (SSSR count). The van der Waals surface area contributed by atoms with E-state index in [0.717, 1.165) is 0 Å². The molecular weight excluding hydrogens is 411 g/mol. The lowest BCUT2D eigenvalue weighted by atomic mass is 10.1. The molecule has 1 N–H and O–H groups in total. The molecule has 1 saturated heterocycles. The number of halogens is 1. The summed E-state index contributed by atoms with van der Waals surface area (Å²) in [5.41, 5.74) is 1.67. The standard InChI is InChI=1S/C21H23FN2O5S/c1-4-28-21(27)18-12(2)17(13(3)23-18)20(26)29-11-16(25)24-9-10-30-19(24)14-7-5-6-8-15(14)22/h5-8,19,23H,4,9-11H2,1-3H3/t19-/m0/s1. The topological polar surface area (TPSA) is 88.7 Å². The number of thioether (sulfide) groups is 1. The van der Waals surface area contributed by atoms with Crippen LogP contribution in [0.4, 0.5) is 4.39 Å². The number of hydrogen-bond acceptors (Lipinski definition) is 6. The Morgan fingerprint density at radius 3 is 2.63 bits per heavy atom. The normalized spacial score (nSPS) is 15.9. The fourth-order valence-electron chi connectivity index (χ4n) is 3.40. The minimum atomic E-state index is -0.709. The minimum absolute atomic E-state index is 0.184. The lowest BCUT2D eigenvalue weighted by Crippen LogP contribution is -2.34. The number of ether oxygens (including phenoxy) is 2. The van der Waals surface area contributed by atoms with Gasteiger partial charge in [0.15, 0.2) is 6.61 Å². The number of esters is 2. The van der Waals surface area contributed by atoms with E-state index in [0.29, 0.717) is 29.1 Å². The van der Waals surface area contributed by atoms with E-state index in [2.05, 4.69) is 4.98 Å². The zero-order chi connectivity index (χ0) is 21.8. The number of nitrogens with one attached hydrogen (secondary N) is 1. The van der Waals surface area contributed by atoms with Crippen molar-refractivity contribution < 1.29 is 28.2 Å². The van der Waals surface area contributed by atoms with Crippen molar-refractivity contribution in [2.24, 2.45) is 0 Å². The fourth-order valence-corrected chi connectivity index (χ4v) is 4.70. The highest BCUT2D eigenvalue weighted by atomic mass is 32.2. The quantitative estimate of drug-likeness (QED) is 0.702. The summed E-state index contributed by atoms with van der Waals surface area (Å²) in [6.45, 7) is 5.12. The average Bonchev–Trinajstić information content (AvgIpc) is 3.31. The van der Waals surface area contributed by atoms with Crippen LogP contribution < -0.4 is 0 Å². The van der Waals surface area contributed by atoms with Gasteiger partial charge in [-0.05, 0) is 32.4 Å². The lowest BCUT2D eigenvalue weighted by Gasteiger charge is -2.24. The van der Waals surface area contributed by atoms with E-state index in [1.165, 1.54) is 22.7 Å². The highest BCUT2D eigenvalue weighted by Crippen LogP contribution is 2.38. The maximum Gasteiger partial charge on any atom is 0.355 e. The van der Waals surface area contributed by atoms with E-state index < -0.39 is 29.8 Å². The summed E-state index contributed by atoms with van der Waals surface area (Å²) < 4.78 is 24.3. The molecule has 1 aliphatic heterocycles. The molecule has 0 saturated carbocycles. The van der Waals surface area contributed by atoms with Crippen molar-refractivity contribution in [2.45, 2.75) is 26.1 Å². The lowest BCUT2D eigenvalue weighted by molar-refractivity contribution is -0.134. The van der Waals surface area contributed by atoms with Gasteiger partial charge in [-0.2, -0.15) is 0 Å². The molecule has 1 atom stereocenters. The van der Waals surface area contributed by atoms with Crippen molar-refractivity contribution in [3.8, 4) is 0 Å². The van der Waals surface area contributed by atoms with Crippen molar-refractivity contribution in [1.82, 2.24) is 9.88 Å². The van der Waals surface area contributed by atoms with Crippen LogP contribution in [0.1, 0.15) is 50.0 Å². The third-order valence-corrected chi connectivity index (χ3v) is 6.07. The molecule has 1 amide bonds. The first-order valence-electron chi connectivity index (χ1n) is 9.54. The summed E-state index contributed by atoms with van der Waals surface area (Å²) >= 11 is 1.46. The van der Waals surface area contributed by atoms with Crippen LogP contribution in [0.3, 0.4) is 0 Å². The molecule has 0 unspecified atom stereocenters. The molecule has 160 valence electrons. The van der Waals surface area contributed by atoms with Gasteiger partial charge in [0.2, 0.25) is 0 Å². The van der Waals surface area contributed by atoms with Gasteiger partial charge in [0, 0.05) is 23.6 Å². The molecular formula is C21H23FN2O5S. The second-order valence-corrected chi connectivity index (χ2v) is 7.94. The van der Waals surface area contributed by atoms with Crippen molar-refractivity contribution in [1.29, 1.82) is 0 Å². The number of benzene rings is 1. The molecule has 1 fully saturated rings. The third-order valence-electron chi connectivity index (χ3n) is 4.83. The minimum Gasteiger partial charge on any atom is -0.461 e. The Kier molecular flexibility index (Phi) is 6.81. The van der Waals surface area contributed by atoms with Crippen LogP contribution >= 0.6 is 11.8 Å². The van der Waals surface area contributed by atoms with Crippen LogP contribution in [-0.4, -0.2) is 53.2 Å². The van der Waals surface area contributed by atoms with Crippen LogP contribution in [0.5, 0.6) is 0 Å². The Morgan fingerprint density at radius 1 is 1.20 bits per heavy atom. The summed E-state index contributed by atoms with van der Waals surface area (Å²) in [4.78, 5) is 41.6. The zero-order valence-electron chi connectivity index (χ0n) is 17.0. The Morgan fingerprint density at radius 2 is 1.93 bits per heavy atom. The van der Waals surface area contributed by atoms with Gasteiger partial charge in [-0.15, -0.1) is 11.8 Å². The number of carbonyl (C=O) groups is 3. The molecule has 0 bridgehead atoms. The van der Waals surface area contributed by atoms with Gasteiger partial charge < -0.3 is 19.4 Å². The van der Waals surface area contributed by atoms with E-state index >= 15 is 0 Å². The maximum absolute atomic E-state index is 14.1. The highest BCUT2D eigenvalue weighted by Gasteiger charge is 2.33. The number of aromatic amines is 1. The number of H-pyrrole nitrogens is 1. The monoisotopic (exact) mass is 434 g/mol. The Hall–Kier alpha value is -2.81. The second kappa shape index (κ2) is 9.34. The summed E-state index contributed by atoms with van der Waals surface area (Å²) in [5.74, 6) is -1.39. The predicted octanol–water partition coefficient (Wildman–Crippen LogP) is 3.38. The van der Waals surface area contributed by atoms with Crippen molar-refractivity contribution >= 4 is 29.6 Å². The van der Waals surface area contributed by atoms with E-state index in [9.17, 15) is 18.8 Å². The Labute approximate surface area is 177 Å². The summed E-state index contributed by atoms with van der Waals surface area (Å²) in [5, 5.41) is -0.455. The molecule has 9 heteroatoms. The van der Waals surface area contributed by atoms with Gasteiger partial charge in [-0.25, -0.2) is 14.0 Å². The van der Waals surface area contributed by atoms with Crippen molar-refractivity contribution in [3.63, 3.8) is 0 Å². The summed E-state index contributed by atoms with van der Waals surface area (Å²) in [6.07, 6.45) is 0. The zero-order valence-corrected chi connectivity index (χ0v) is 17.8. The number of rotatable bonds is 6. The largest absolute Gasteiger partial charge is 0.461 e. The first-order valence-corrected chi connectivity index (χ1v) is 10.6. The van der Waals surface area contributed by atoms with Gasteiger partial charge >= 0.3 is 11.9 Å². The SMILES string of the molecule is CCOC(=O)c1[nH]c(C)c(C(=O)OCC(=O)N2CCS[C@H]2c2ccccc2F)c1C. The Balaban J connectivity index is 1.68. The molecule has 7 nitrogen and oxygen atoms in total. The molecule has 2 heterocycles. The number of aromatic nitrogens is 1. The van der Waals surface area contributed by atoms with E-state index in [-0.39, 0.29) is 23.7 Å². The molecule has 1 aliphatic rings. The predicted molar refractivity (Wildman–Crippen MR) is 110 cm³/mol. The van der Waals surface area contributed by atoms with Crippen molar-refractivity contribution in [2.75, 3.05) is 25.5 Å². The molecule has 30 heavy (non-hydrogen) atoms. The van der Waals surface area contributed by atoms with E-state index in [1.54, 1.807) is 39.0 Å². The molecule has 0 radical (unpaired) electrons. The number of aryl methyl sites for hydroxylation is 1. The number of nitrogens with zero attached hydrogens (tertiary/aromatic N) is 1. The molecule has 0 spiro atoms. The number of hydrogen-bond donors (Lipinski definition) is 1. The number of amides is 1. The van der Waals surface area contributed by atoms with Crippen LogP contribution in [0, 0.1) is 19.7 Å². The third kappa shape index (κ3) is 4.35. The van der Waals surface area contributed by atoms with Crippen LogP contribution in [0.2, 0.25) is 0 Å². The van der Waals surface area contributed by atoms with Gasteiger partial charge in [0.25, 0.3) is 5.91 Å². The van der Waals surface area contributed by atoms with Crippen LogP contribution in [0.15, 0.2) is 24.3 Å². The first kappa shape index (κ1) is 21.9. The van der Waals surface area contributed by atoms with Crippen molar-refractivity contribution in [3.05, 3.63) is 58.2 Å². The second-order valence-electron chi connectivity index (χ2n) is 6.75. The van der Waals surface area contributed by atoms with Gasteiger partial charge in [0.05, 0.1) is 12.2 Å².